The second-order valence-corrected chi connectivity index (χ2v) is 3.81. The fourth-order valence-corrected chi connectivity index (χ4v) is 1.91. The Labute approximate surface area is 85.9 Å². The van der Waals surface area contributed by atoms with E-state index in [4.69, 9.17) is 5.73 Å². The van der Waals surface area contributed by atoms with Crippen molar-refractivity contribution in [2.75, 3.05) is 0 Å². The maximum absolute atomic E-state index is 5.81. The van der Waals surface area contributed by atoms with Gasteiger partial charge in [0, 0.05) is 18.4 Å². The van der Waals surface area contributed by atoms with Gasteiger partial charge in [-0.25, -0.2) is 15.0 Å². The lowest BCUT2D eigenvalue weighted by Crippen LogP contribution is -2.05. The first kappa shape index (κ1) is 9.23. The van der Waals surface area contributed by atoms with Crippen molar-refractivity contribution in [2.45, 2.75) is 13.0 Å². The molecule has 2 rings (SSSR count). The van der Waals surface area contributed by atoms with Crippen molar-refractivity contribution < 1.29 is 0 Å². The number of aromatic nitrogens is 3. The molecular formula is C9H10N4S. The van der Waals surface area contributed by atoms with Gasteiger partial charge in [0.25, 0.3) is 0 Å². The van der Waals surface area contributed by atoms with E-state index < -0.39 is 0 Å². The first-order valence-corrected chi connectivity index (χ1v) is 5.13. The SMILES string of the molecule is CC(N)c1scnc1-c1ncccn1. The molecular weight excluding hydrogens is 196 g/mol. The average molecular weight is 206 g/mol. The van der Waals surface area contributed by atoms with Gasteiger partial charge in [-0.1, -0.05) is 0 Å². The lowest BCUT2D eigenvalue weighted by Gasteiger charge is -2.03. The van der Waals surface area contributed by atoms with Crippen LogP contribution < -0.4 is 5.73 Å². The molecule has 0 fully saturated rings. The lowest BCUT2D eigenvalue weighted by atomic mass is 10.2. The van der Waals surface area contributed by atoms with Crippen LogP contribution in [0.2, 0.25) is 0 Å². The van der Waals surface area contributed by atoms with E-state index in [-0.39, 0.29) is 6.04 Å². The molecule has 2 heterocycles. The Hall–Kier alpha value is -1.33. The molecule has 1 unspecified atom stereocenters. The largest absolute Gasteiger partial charge is 0.323 e. The number of nitrogens with two attached hydrogens (primary N) is 1. The van der Waals surface area contributed by atoms with Crippen molar-refractivity contribution in [3.63, 3.8) is 0 Å². The van der Waals surface area contributed by atoms with Crippen LogP contribution in [0.5, 0.6) is 0 Å². The highest BCUT2D eigenvalue weighted by Gasteiger charge is 2.13. The highest BCUT2D eigenvalue weighted by molar-refractivity contribution is 7.10. The van der Waals surface area contributed by atoms with Crippen LogP contribution in [0, 0.1) is 0 Å². The minimum Gasteiger partial charge on any atom is -0.323 e. The smallest absolute Gasteiger partial charge is 0.179 e. The Morgan fingerprint density at radius 2 is 2.00 bits per heavy atom. The van der Waals surface area contributed by atoms with Crippen LogP contribution in [0.3, 0.4) is 0 Å². The van der Waals surface area contributed by atoms with Crippen LogP contribution in [0.4, 0.5) is 0 Å². The molecule has 0 saturated carbocycles. The average Bonchev–Trinajstić information content (AvgIpc) is 2.67. The molecule has 14 heavy (non-hydrogen) atoms. The monoisotopic (exact) mass is 206 g/mol. The molecule has 0 amide bonds. The number of nitrogens with zero attached hydrogens (tertiary/aromatic N) is 3. The minimum atomic E-state index is -0.0266. The van der Waals surface area contributed by atoms with E-state index in [2.05, 4.69) is 15.0 Å². The summed E-state index contributed by atoms with van der Waals surface area (Å²) in [5.41, 5.74) is 8.38. The maximum Gasteiger partial charge on any atom is 0.179 e. The van der Waals surface area contributed by atoms with Crippen molar-refractivity contribution in [3.05, 3.63) is 28.8 Å². The standard InChI is InChI=1S/C9H10N4S/c1-6(10)8-7(13-5-14-8)9-11-3-2-4-12-9/h2-6H,10H2,1H3. The van der Waals surface area contributed by atoms with E-state index in [1.165, 1.54) is 11.3 Å². The number of rotatable bonds is 2. The van der Waals surface area contributed by atoms with E-state index in [0.717, 1.165) is 10.6 Å². The summed E-state index contributed by atoms with van der Waals surface area (Å²) in [5.74, 6) is 0.640. The number of hydrogen-bond donors (Lipinski definition) is 1. The third-order valence-corrected chi connectivity index (χ3v) is 2.82. The highest BCUT2D eigenvalue weighted by atomic mass is 32.1. The van der Waals surface area contributed by atoms with Gasteiger partial charge in [-0.05, 0) is 13.0 Å². The highest BCUT2D eigenvalue weighted by Crippen LogP contribution is 2.26. The molecule has 0 aliphatic rings. The molecule has 0 bridgehead atoms. The zero-order valence-electron chi connectivity index (χ0n) is 7.71. The van der Waals surface area contributed by atoms with Crippen molar-refractivity contribution in [1.82, 2.24) is 15.0 Å². The zero-order valence-corrected chi connectivity index (χ0v) is 8.53. The second kappa shape index (κ2) is 3.81. The topological polar surface area (TPSA) is 64.7 Å². The summed E-state index contributed by atoms with van der Waals surface area (Å²) >= 11 is 1.54. The molecule has 2 aromatic rings. The summed E-state index contributed by atoms with van der Waals surface area (Å²) in [7, 11) is 0. The first-order valence-electron chi connectivity index (χ1n) is 4.25. The Morgan fingerprint density at radius 3 is 2.64 bits per heavy atom. The Balaban J connectivity index is 2.47. The van der Waals surface area contributed by atoms with Crippen molar-refractivity contribution in [1.29, 1.82) is 0 Å². The van der Waals surface area contributed by atoms with Crippen LogP contribution in [0.15, 0.2) is 24.0 Å². The van der Waals surface area contributed by atoms with E-state index >= 15 is 0 Å². The first-order chi connectivity index (χ1) is 6.79. The van der Waals surface area contributed by atoms with Crippen LogP contribution in [-0.4, -0.2) is 15.0 Å². The summed E-state index contributed by atoms with van der Waals surface area (Å²) in [6, 6.07) is 1.75. The molecule has 0 spiro atoms. The van der Waals surface area contributed by atoms with Gasteiger partial charge in [-0.2, -0.15) is 0 Å². The molecule has 5 heteroatoms. The maximum atomic E-state index is 5.81. The van der Waals surface area contributed by atoms with Crippen molar-refractivity contribution in [2.24, 2.45) is 5.73 Å². The van der Waals surface area contributed by atoms with Gasteiger partial charge >= 0.3 is 0 Å². The summed E-state index contributed by atoms with van der Waals surface area (Å²) in [4.78, 5) is 13.5. The normalized spacial score (nSPS) is 12.7. The molecule has 4 nitrogen and oxygen atoms in total. The number of thiazole rings is 1. The predicted molar refractivity (Wildman–Crippen MR) is 55.7 cm³/mol. The molecule has 1 atom stereocenters. The molecule has 72 valence electrons. The van der Waals surface area contributed by atoms with E-state index in [1.807, 2.05) is 6.92 Å². The molecule has 0 radical (unpaired) electrons. The van der Waals surface area contributed by atoms with Crippen LogP contribution in [0.25, 0.3) is 11.5 Å². The van der Waals surface area contributed by atoms with Crippen molar-refractivity contribution >= 4 is 11.3 Å². The summed E-state index contributed by atoms with van der Waals surface area (Å²) in [5, 5.41) is 0. The van der Waals surface area contributed by atoms with E-state index in [0.29, 0.717) is 5.82 Å². The Bertz CT molecular complexity index is 410. The van der Waals surface area contributed by atoms with Gasteiger partial charge in [0.15, 0.2) is 5.82 Å². The Kier molecular flexibility index (Phi) is 2.51. The molecule has 0 saturated heterocycles. The third kappa shape index (κ3) is 1.64. The second-order valence-electron chi connectivity index (χ2n) is 2.93. The van der Waals surface area contributed by atoms with Gasteiger partial charge in [-0.3, -0.25) is 0 Å². The van der Waals surface area contributed by atoms with Crippen LogP contribution in [0.1, 0.15) is 17.8 Å². The predicted octanol–water partition coefficient (Wildman–Crippen LogP) is 1.62. The third-order valence-electron chi connectivity index (χ3n) is 1.79. The fourth-order valence-electron chi connectivity index (χ4n) is 1.17. The molecule has 0 aliphatic carbocycles. The quantitative estimate of drug-likeness (QED) is 0.811. The summed E-state index contributed by atoms with van der Waals surface area (Å²) < 4.78 is 0. The van der Waals surface area contributed by atoms with Crippen molar-refractivity contribution in [3.8, 4) is 11.5 Å². The van der Waals surface area contributed by atoms with Gasteiger partial charge in [0.2, 0.25) is 0 Å². The molecule has 2 aromatic heterocycles. The van der Waals surface area contributed by atoms with E-state index in [1.54, 1.807) is 24.0 Å². The van der Waals surface area contributed by atoms with Gasteiger partial charge in [-0.15, -0.1) is 11.3 Å². The minimum absolute atomic E-state index is 0.0266. The molecule has 2 N–H and O–H groups in total. The molecule has 0 aliphatic heterocycles. The van der Waals surface area contributed by atoms with Gasteiger partial charge < -0.3 is 5.73 Å². The van der Waals surface area contributed by atoms with Gasteiger partial charge in [0.1, 0.15) is 5.69 Å². The van der Waals surface area contributed by atoms with Crippen LogP contribution >= 0.6 is 11.3 Å². The Morgan fingerprint density at radius 1 is 1.29 bits per heavy atom. The fraction of sp³-hybridized carbons (Fsp3) is 0.222. The molecule has 0 aromatic carbocycles. The number of hydrogen-bond acceptors (Lipinski definition) is 5. The van der Waals surface area contributed by atoms with Gasteiger partial charge in [0.05, 0.1) is 10.4 Å². The van der Waals surface area contributed by atoms with E-state index in [9.17, 15) is 0 Å². The summed E-state index contributed by atoms with van der Waals surface area (Å²) in [6.07, 6.45) is 3.40. The lowest BCUT2D eigenvalue weighted by molar-refractivity contribution is 0.835. The zero-order chi connectivity index (χ0) is 9.97. The van der Waals surface area contributed by atoms with Crippen LogP contribution in [-0.2, 0) is 0 Å². The summed E-state index contributed by atoms with van der Waals surface area (Å²) in [6.45, 7) is 1.93.